The van der Waals surface area contributed by atoms with Gasteiger partial charge in [0.2, 0.25) is 0 Å². The standard InChI is InChI=1S/C22H19FN6/c23-19-3-1-15(2-4-19)21-18(12-26-28-21)14-29-10-7-20-17(13-29)11-25-22(27-20)16-5-8-24-9-6-16/h1-6,8-9,11-12H,7,10,13-14H2,(H,26,28). The highest BCUT2D eigenvalue weighted by Crippen LogP contribution is 2.26. The van der Waals surface area contributed by atoms with Gasteiger partial charge in [0.05, 0.1) is 17.6 Å². The highest BCUT2D eigenvalue weighted by Gasteiger charge is 2.20. The predicted molar refractivity (Wildman–Crippen MR) is 107 cm³/mol. The summed E-state index contributed by atoms with van der Waals surface area (Å²) in [4.78, 5) is 15.7. The number of pyridine rings is 1. The lowest BCUT2D eigenvalue weighted by Gasteiger charge is -2.28. The molecule has 0 atom stereocenters. The molecule has 4 heterocycles. The fraction of sp³-hybridized carbons (Fsp3) is 0.182. The summed E-state index contributed by atoms with van der Waals surface area (Å²) in [5, 5.41) is 7.25. The molecule has 0 fully saturated rings. The van der Waals surface area contributed by atoms with Gasteiger partial charge < -0.3 is 0 Å². The lowest BCUT2D eigenvalue weighted by molar-refractivity contribution is 0.243. The van der Waals surface area contributed by atoms with E-state index >= 15 is 0 Å². The van der Waals surface area contributed by atoms with Crippen LogP contribution in [0.5, 0.6) is 0 Å². The lowest BCUT2D eigenvalue weighted by atomic mass is 10.0. The molecule has 1 N–H and O–H groups in total. The second-order valence-corrected chi connectivity index (χ2v) is 7.14. The lowest BCUT2D eigenvalue weighted by Crippen LogP contribution is -2.31. The Morgan fingerprint density at radius 1 is 1.00 bits per heavy atom. The van der Waals surface area contributed by atoms with Crippen molar-refractivity contribution in [3.8, 4) is 22.6 Å². The Kier molecular flexibility index (Phi) is 4.57. The monoisotopic (exact) mass is 386 g/mol. The molecule has 6 nitrogen and oxygen atoms in total. The van der Waals surface area contributed by atoms with Crippen molar-refractivity contribution in [1.82, 2.24) is 30.0 Å². The third-order valence-corrected chi connectivity index (χ3v) is 5.20. The Balaban J connectivity index is 1.34. The highest BCUT2D eigenvalue weighted by atomic mass is 19.1. The molecule has 144 valence electrons. The maximum absolute atomic E-state index is 13.2. The second-order valence-electron chi connectivity index (χ2n) is 7.14. The number of nitrogens with zero attached hydrogens (tertiary/aromatic N) is 5. The molecule has 0 radical (unpaired) electrons. The van der Waals surface area contributed by atoms with Crippen molar-refractivity contribution in [3.05, 3.63) is 83.8 Å². The molecular formula is C22H19FN6. The van der Waals surface area contributed by atoms with Gasteiger partial charge in [0.25, 0.3) is 0 Å². The molecule has 0 aliphatic carbocycles. The van der Waals surface area contributed by atoms with Crippen molar-refractivity contribution in [3.63, 3.8) is 0 Å². The van der Waals surface area contributed by atoms with Crippen LogP contribution in [0.1, 0.15) is 16.8 Å². The fourth-order valence-corrected chi connectivity index (χ4v) is 3.69. The molecule has 0 saturated heterocycles. The van der Waals surface area contributed by atoms with Crippen molar-refractivity contribution in [2.75, 3.05) is 6.54 Å². The van der Waals surface area contributed by atoms with Crippen molar-refractivity contribution in [2.45, 2.75) is 19.5 Å². The Hall–Kier alpha value is -3.45. The molecule has 1 aromatic carbocycles. The Bertz CT molecular complexity index is 1120. The summed E-state index contributed by atoms with van der Waals surface area (Å²) in [7, 11) is 0. The van der Waals surface area contributed by atoms with Crippen LogP contribution in [0.15, 0.2) is 61.2 Å². The first-order valence-electron chi connectivity index (χ1n) is 9.52. The Morgan fingerprint density at radius 3 is 2.66 bits per heavy atom. The van der Waals surface area contributed by atoms with Gasteiger partial charge in [-0.1, -0.05) is 0 Å². The summed E-state index contributed by atoms with van der Waals surface area (Å²) in [6, 6.07) is 10.3. The van der Waals surface area contributed by atoms with E-state index in [-0.39, 0.29) is 5.82 Å². The van der Waals surface area contributed by atoms with Gasteiger partial charge in [-0.05, 0) is 36.4 Å². The molecule has 0 unspecified atom stereocenters. The van der Waals surface area contributed by atoms with Crippen LogP contribution in [0.2, 0.25) is 0 Å². The van der Waals surface area contributed by atoms with Gasteiger partial charge >= 0.3 is 0 Å². The van der Waals surface area contributed by atoms with Gasteiger partial charge in [-0.25, -0.2) is 14.4 Å². The van der Waals surface area contributed by atoms with Crippen LogP contribution < -0.4 is 0 Å². The minimum atomic E-state index is -0.242. The summed E-state index contributed by atoms with van der Waals surface area (Å²) in [5.41, 5.74) is 6.19. The Morgan fingerprint density at radius 2 is 1.83 bits per heavy atom. The minimum Gasteiger partial charge on any atom is -0.294 e. The SMILES string of the molecule is Fc1ccc(-c2[nH]ncc2CN2CCc3nc(-c4ccncc4)ncc3C2)cc1. The predicted octanol–water partition coefficient (Wildman–Crippen LogP) is 3.63. The number of nitrogens with one attached hydrogen (secondary N) is 1. The maximum atomic E-state index is 13.2. The number of halogens is 1. The van der Waals surface area contributed by atoms with E-state index in [9.17, 15) is 4.39 Å². The largest absolute Gasteiger partial charge is 0.294 e. The van der Waals surface area contributed by atoms with Crippen molar-refractivity contribution < 1.29 is 4.39 Å². The van der Waals surface area contributed by atoms with Gasteiger partial charge in [0, 0.05) is 66.9 Å². The van der Waals surface area contributed by atoms with E-state index in [1.807, 2.05) is 24.5 Å². The van der Waals surface area contributed by atoms with Crippen molar-refractivity contribution in [1.29, 1.82) is 0 Å². The molecular weight excluding hydrogens is 367 g/mol. The first-order chi connectivity index (χ1) is 14.3. The summed E-state index contributed by atoms with van der Waals surface area (Å²) in [6.45, 7) is 2.46. The number of aromatic amines is 1. The van der Waals surface area contributed by atoms with Crippen molar-refractivity contribution >= 4 is 0 Å². The van der Waals surface area contributed by atoms with Crippen LogP contribution in [-0.2, 0) is 19.5 Å². The molecule has 4 aromatic rings. The maximum Gasteiger partial charge on any atom is 0.159 e. The third kappa shape index (κ3) is 3.64. The zero-order valence-electron chi connectivity index (χ0n) is 15.7. The molecule has 0 bridgehead atoms. The fourth-order valence-electron chi connectivity index (χ4n) is 3.69. The number of aromatic nitrogens is 5. The van der Waals surface area contributed by atoms with Crippen LogP contribution >= 0.6 is 0 Å². The molecule has 0 saturated carbocycles. The number of fused-ring (bicyclic) bond motifs is 1. The van der Waals surface area contributed by atoms with Crippen LogP contribution in [0.25, 0.3) is 22.6 Å². The number of H-pyrrole nitrogens is 1. The number of benzene rings is 1. The van der Waals surface area contributed by atoms with Gasteiger partial charge in [-0.15, -0.1) is 0 Å². The molecule has 3 aromatic heterocycles. The molecule has 0 spiro atoms. The normalized spacial score (nSPS) is 14.0. The molecule has 1 aliphatic rings. The summed E-state index contributed by atoms with van der Waals surface area (Å²) in [6.07, 6.45) is 8.16. The zero-order valence-corrected chi connectivity index (χ0v) is 15.7. The first kappa shape index (κ1) is 17.6. The smallest absolute Gasteiger partial charge is 0.159 e. The Labute approximate surface area is 167 Å². The minimum absolute atomic E-state index is 0.242. The quantitative estimate of drug-likeness (QED) is 0.580. The number of hydrogen-bond acceptors (Lipinski definition) is 5. The average Bonchev–Trinajstić information content (AvgIpc) is 3.22. The van der Waals surface area contributed by atoms with E-state index in [2.05, 4.69) is 25.1 Å². The molecule has 7 heteroatoms. The third-order valence-electron chi connectivity index (χ3n) is 5.20. The van der Waals surface area contributed by atoms with Gasteiger partial charge in [-0.2, -0.15) is 5.10 Å². The van der Waals surface area contributed by atoms with Gasteiger partial charge in [0.1, 0.15) is 5.82 Å². The second kappa shape index (κ2) is 7.52. The molecule has 5 rings (SSSR count). The van der Waals surface area contributed by atoms with E-state index in [0.29, 0.717) is 0 Å². The molecule has 1 aliphatic heterocycles. The summed E-state index contributed by atoms with van der Waals surface area (Å²) < 4.78 is 13.2. The van der Waals surface area contributed by atoms with Crippen LogP contribution in [0.3, 0.4) is 0 Å². The number of rotatable bonds is 4. The van der Waals surface area contributed by atoms with E-state index in [1.165, 1.54) is 12.1 Å². The van der Waals surface area contributed by atoms with Gasteiger partial charge in [0.15, 0.2) is 5.82 Å². The topological polar surface area (TPSA) is 70.6 Å². The molecule has 29 heavy (non-hydrogen) atoms. The van der Waals surface area contributed by atoms with Gasteiger partial charge in [-0.3, -0.25) is 15.0 Å². The summed E-state index contributed by atoms with van der Waals surface area (Å²) in [5.74, 6) is 0.501. The van der Waals surface area contributed by atoms with Crippen LogP contribution in [0.4, 0.5) is 4.39 Å². The summed E-state index contributed by atoms with van der Waals surface area (Å²) >= 11 is 0. The number of hydrogen-bond donors (Lipinski definition) is 1. The van der Waals surface area contributed by atoms with Crippen molar-refractivity contribution in [2.24, 2.45) is 0 Å². The first-order valence-corrected chi connectivity index (χ1v) is 9.52. The van der Waals surface area contributed by atoms with E-state index in [0.717, 1.165) is 65.5 Å². The highest BCUT2D eigenvalue weighted by molar-refractivity contribution is 5.62. The van der Waals surface area contributed by atoms with E-state index < -0.39 is 0 Å². The zero-order chi connectivity index (χ0) is 19.6. The average molecular weight is 386 g/mol. The van der Waals surface area contributed by atoms with E-state index in [4.69, 9.17) is 4.98 Å². The van der Waals surface area contributed by atoms with E-state index in [1.54, 1.807) is 24.5 Å². The van der Waals surface area contributed by atoms with Crippen LogP contribution in [0, 0.1) is 5.82 Å². The molecule has 0 amide bonds. The van der Waals surface area contributed by atoms with Crippen LogP contribution in [-0.4, -0.2) is 36.6 Å².